The molecule has 7 heteroatoms. The zero-order valence-electron chi connectivity index (χ0n) is 19.3. The number of hydrogen-bond acceptors (Lipinski definition) is 5. The fraction of sp³-hybridized carbons (Fsp3) is 0.222. The number of rotatable bonds is 10. The van der Waals surface area contributed by atoms with Crippen molar-refractivity contribution in [2.45, 2.75) is 13.2 Å². The maximum absolute atomic E-state index is 13.1. The number of carbonyl (C=O) groups excluding carboxylic acids is 3. The molecule has 0 aliphatic heterocycles. The standard InChI is InChI=1S/C27H28N2O5/c1-28(27(32)34-20-22-11-7-4-8-12-22)19-26(31)29(17-21-9-5-3-6-10-21)18-25(30)23-13-15-24(33-2)16-14-23/h3-16H,17-20H2,1-2H3. The summed E-state index contributed by atoms with van der Waals surface area (Å²) in [6.07, 6.45) is -0.613. The van der Waals surface area contributed by atoms with Gasteiger partial charge in [-0.05, 0) is 35.4 Å². The number of carbonyl (C=O) groups is 3. The summed E-state index contributed by atoms with van der Waals surface area (Å²) in [7, 11) is 3.05. The Labute approximate surface area is 199 Å². The third-order valence-corrected chi connectivity index (χ3v) is 5.20. The van der Waals surface area contributed by atoms with Gasteiger partial charge < -0.3 is 19.3 Å². The van der Waals surface area contributed by atoms with Crippen LogP contribution in [0.3, 0.4) is 0 Å². The van der Waals surface area contributed by atoms with Crippen LogP contribution in [0.1, 0.15) is 21.5 Å². The lowest BCUT2D eigenvalue weighted by molar-refractivity contribution is -0.132. The second-order valence-corrected chi connectivity index (χ2v) is 7.78. The van der Waals surface area contributed by atoms with Gasteiger partial charge in [0.25, 0.3) is 0 Å². The summed E-state index contributed by atoms with van der Waals surface area (Å²) in [5, 5.41) is 0. The summed E-state index contributed by atoms with van der Waals surface area (Å²) in [5.74, 6) is 0.0792. The SMILES string of the molecule is COc1ccc(C(=O)CN(Cc2ccccc2)C(=O)CN(C)C(=O)OCc2ccccc2)cc1. The average Bonchev–Trinajstić information content (AvgIpc) is 2.88. The topological polar surface area (TPSA) is 76.2 Å². The molecule has 176 valence electrons. The van der Waals surface area contributed by atoms with Gasteiger partial charge in [-0.2, -0.15) is 0 Å². The van der Waals surface area contributed by atoms with Crippen molar-refractivity contribution in [1.29, 1.82) is 0 Å². The van der Waals surface area contributed by atoms with Gasteiger partial charge >= 0.3 is 6.09 Å². The lowest BCUT2D eigenvalue weighted by Gasteiger charge is -2.25. The highest BCUT2D eigenvalue weighted by Gasteiger charge is 2.22. The Morgan fingerprint density at radius 2 is 1.35 bits per heavy atom. The highest BCUT2D eigenvalue weighted by atomic mass is 16.6. The van der Waals surface area contributed by atoms with E-state index in [-0.39, 0.29) is 37.9 Å². The molecule has 0 radical (unpaired) electrons. The Bertz CT molecular complexity index is 1090. The van der Waals surface area contributed by atoms with Crippen molar-refractivity contribution < 1.29 is 23.9 Å². The minimum atomic E-state index is -0.613. The number of amides is 2. The van der Waals surface area contributed by atoms with E-state index in [1.54, 1.807) is 31.4 Å². The first kappa shape index (κ1) is 24.5. The van der Waals surface area contributed by atoms with Crippen LogP contribution in [0.2, 0.25) is 0 Å². The van der Waals surface area contributed by atoms with Crippen molar-refractivity contribution in [2.24, 2.45) is 0 Å². The van der Waals surface area contributed by atoms with Crippen LogP contribution < -0.4 is 4.74 Å². The molecule has 0 spiro atoms. The molecule has 3 aromatic rings. The first-order valence-electron chi connectivity index (χ1n) is 10.9. The van der Waals surface area contributed by atoms with Crippen molar-refractivity contribution in [3.8, 4) is 5.75 Å². The van der Waals surface area contributed by atoms with Gasteiger partial charge in [0.1, 0.15) is 18.9 Å². The van der Waals surface area contributed by atoms with Gasteiger partial charge in [0.2, 0.25) is 5.91 Å². The summed E-state index contributed by atoms with van der Waals surface area (Å²) in [6.45, 7) is 0.0274. The zero-order chi connectivity index (χ0) is 24.3. The smallest absolute Gasteiger partial charge is 0.410 e. The predicted molar refractivity (Wildman–Crippen MR) is 128 cm³/mol. The van der Waals surface area contributed by atoms with Gasteiger partial charge in [-0.1, -0.05) is 60.7 Å². The molecule has 0 aromatic heterocycles. The van der Waals surface area contributed by atoms with E-state index in [0.717, 1.165) is 11.1 Å². The molecular formula is C27H28N2O5. The van der Waals surface area contributed by atoms with Gasteiger partial charge in [0, 0.05) is 19.2 Å². The molecule has 3 rings (SSSR count). The van der Waals surface area contributed by atoms with Crippen molar-refractivity contribution in [1.82, 2.24) is 9.80 Å². The van der Waals surface area contributed by atoms with E-state index >= 15 is 0 Å². The molecule has 0 atom stereocenters. The Kier molecular flexibility index (Phi) is 8.80. The molecule has 0 unspecified atom stereocenters. The third kappa shape index (κ3) is 7.20. The minimum absolute atomic E-state index is 0.113. The molecule has 0 heterocycles. The zero-order valence-corrected chi connectivity index (χ0v) is 19.3. The monoisotopic (exact) mass is 460 g/mol. The molecule has 0 fully saturated rings. The number of ketones is 1. The Balaban J connectivity index is 1.65. The van der Waals surface area contributed by atoms with Gasteiger partial charge in [-0.25, -0.2) is 4.79 Å². The first-order valence-corrected chi connectivity index (χ1v) is 10.9. The largest absolute Gasteiger partial charge is 0.497 e. The van der Waals surface area contributed by atoms with Gasteiger partial charge in [0.05, 0.1) is 13.7 Å². The number of methoxy groups -OCH3 is 1. The maximum Gasteiger partial charge on any atom is 0.410 e. The van der Waals surface area contributed by atoms with Crippen LogP contribution in [0.5, 0.6) is 5.75 Å². The molecule has 34 heavy (non-hydrogen) atoms. The van der Waals surface area contributed by atoms with E-state index in [9.17, 15) is 14.4 Å². The highest BCUT2D eigenvalue weighted by molar-refractivity contribution is 5.99. The molecule has 0 aliphatic rings. The van der Waals surface area contributed by atoms with Crippen LogP contribution in [-0.4, -0.2) is 54.8 Å². The molecule has 0 saturated heterocycles. The fourth-order valence-electron chi connectivity index (χ4n) is 3.27. The van der Waals surface area contributed by atoms with E-state index in [1.165, 1.54) is 16.8 Å². The lowest BCUT2D eigenvalue weighted by Crippen LogP contribution is -2.43. The number of benzene rings is 3. The molecular weight excluding hydrogens is 432 g/mol. The molecule has 0 saturated carbocycles. The number of nitrogens with zero attached hydrogens (tertiary/aromatic N) is 2. The van der Waals surface area contributed by atoms with E-state index in [0.29, 0.717) is 11.3 Å². The summed E-state index contributed by atoms with van der Waals surface area (Å²) >= 11 is 0. The minimum Gasteiger partial charge on any atom is -0.497 e. The number of likely N-dealkylation sites (N-methyl/N-ethyl adjacent to an activating group) is 1. The Morgan fingerprint density at radius 3 is 1.94 bits per heavy atom. The second-order valence-electron chi connectivity index (χ2n) is 7.78. The van der Waals surface area contributed by atoms with Gasteiger partial charge in [-0.15, -0.1) is 0 Å². The number of hydrogen-bond donors (Lipinski definition) is 0. The second kappa shape index (κ2) is 12.2. The summed E-state index contributed by atoms with van der Waals surface area (Å²) in [4.78, 5) is 41.0. The molecule has 0 bridgehead atoms. The van der Waals surface area contributed by atoms with Crippen molar-refractivity contribution >= 4 is 17.8 Å². The van der Waals surface area contributed by atoms with Gasteiger partial charge in [-0.3, -0.25) is 9.59 Å². The first-order chi connectivity index (χ1) is 16.5. The van der Waals surface area contributed by atoms with Crippen LogP contribution in [-0.2, 0) is 22.7 Å². The van der Waals surface area contributed by atoms with Crippen LogP contribution in [0, 0.1) is 0 Å². The summed E-state index contributed by atoms with van der Waals surface area (Å²) in [6, 6.07) is 25.4. The normalized spacial score (nSPS) is 10.3. The quantitative estimate of drug-likeness (QED) is 0.425. The third-order valence-electron chi connectivity index (χ3n) is 5.20. The lowest BCUT2D eigenvalue weighted by atomic mass is 10.1. The van der Waals surface area contributed by atoms with Crippen LogP contribution >= 0.6 is 0 Å². The molecule has 0 N–H and O–H groups in total. The predicted octanol–water partition coefficient (Wildman–Crippen LogP) is 4.18. The molecule has 3 aromatic carbocycles. The maximum atomic E-state index is 13.1. The number of Topliss-reactive ketones (excluding diaryl/α,β-unsaturated/α-hetero) is 1. The Hall–Kier alpha value is -4.13. The van der Waals surface area contributed by atoms with Gasteiger partial charge in [0.15, 0.2) is 5.78 Å². The summed E-state index contributed by atoms with van der Waals surface area (Å²) in [5.41, 5.74) is 2.21. The molecule has 7 nitrogen and oxygen atoms in total. The Morgan fingerprint density at radius 1 is 0.765 bits per heavy atom. The average molecular weight is 461 g/mol. The van der Waals surface area contributed by atoms with Crippen molar-refractivity contribution in [3.05, 3.63) is 102 Å². The van der Waals surface area contributed by atoms with Crippen molar-refractivity contribution in [2.75, 3.05) is 27.2 Å². The van der Waals surface area contributed by atoms with Crippen LogP contribution in [0.15, 0.2) is 84.9 Å². The van der Waals surface area contributed by atoms with E-state index in [4.69, 9.17) is 9.47 Å². The number of ether oxygens (including phenoxy) is 2. The van der Waals surface area contributed by atoms with Crippen LogP contribution in [0.4, 0.5) is 4.79 Å². The van der Waals surface area contributed by atoms with Crippen LogP contribution in [0.25, 0.3) is 0 Å². The fourth-order valence-corrected chi connectivity index (χ4v) is 3.27. The molecule has 0 aliphatic carbocycles. The molecule has 2 amide bonds. The summed E-state index contributed by atoms with van der Waals surface area (Å²) < 4.78 is 10.4. The highest BCUT2D eigenvalue weighted by Crippen LogP contribution is 2.14. The van der Waals surface area contributed by atoms with E-state index < -0.39 is 6.09 Å². The van der Waals surface area contributed by atoms with Crippen molar-refractivity contribution in [3.63, 3.8) is 0 Å². The van der Waals surface area contributed by atoms with E-state index in [1.807, 2.05) is 60.7 Å². The van der Waals surface area contributed by atoms with E-state index in [2.05, 4.69) is 0 Å².